The summed E-state index contributed by atoms with van der Waals surface area (Å²) < 4.78 is 0. The van der Waals surface area contributed by atoms with Crippen LogP contribution in [0.3, 0.4) is 0 Å². The van der Waals surface area contributed by atoms with Crippen molar-refractivity contribution in [2.24, 2.45) is 0 Å². The lowest BCUT2D eigenvalue weighted by Crippen LogP contribution is -2.38. The highest BCUT2D eigenvalue weighted by atomic mass is 32.1. The van der Waals surface area contributed by atoms with E-state index in [2.05, 4.69) is 16.0 Å². The Balaban J connectivity index is 1.53. The number of nitro groups is 1. The summed E-state index contributed by atoms with van der Waals surface area (Å²) in [5.74, 6) is -0.505. The number of benzene rings is 3. The lowest BCUT2D eigenvalue weighted by Gasteiger charge is -2.18. The molecule has 3 N–H and O–H groups in total. The van der Waals surface area contributed by atoms with Gasteiger partial charge in [-0.15, -0.1) is 0 Å². The predicted molar refractivity (Wildman–Crippen MR) is 125 cm³/mol. The van der Waals surface area contributed by atoms with Crippen molar-refractivity contribution in [3.05, 3.63) is 106 Å². The Morgan fingerprint density at radius 2 is 1.45 bits per heavy atom. The Bertz CT molecular complexity index is 1010. The molecule has 0 saturated carbocycles. The highest BCUT2D eigenvalue weighted by Crippen LogP contribution is 2.24. The number of carbonyl (C=O) groups is 1. The van der Waals surface area contributed by atoms with E-state index in [1.54, 1.807) is 12.1 Å². The molecular formula is C23H22N4O3S. The summed E-state index contributed by atoms with van der Waals surface area (Å²) >= 11 is 5.22. The minimum atomic E-state index is -0.465. The molecule has 0 aliphatic carbocycles. The number of anilines is 1. The van der Waals surface area contributed by atoms with Gasteiger partial charge in [0.2, 0.25) is 5.91 Å². The third kappa shape index (κ3) is 6.35. The van der Waals surface area contributed by atoms with Gasteiger partial charge in [0.25, 0.3) is 5.69 Å². The molecule has 0 aromatic heterocycles. The van der Waals surface area contributed by atoms with Crippen molar-refractivity contribution in [1.82, 2.24) is 10.6 Å². The number of amides is 1. The average Bonchev–Trinajstić information content (AvgIpc) is 2.78. The summed E-state index contributed by atoms with van der Waals surface area (Å²) in [5.41, 5.74) is 2.33. The summed E-state index contributed by atoms with van der Waals surface area (Å²) in [6.45, 7) is 0.772. The van der Waals surface area contributed by atoms with E-state index >= 15 is 0 Å². The first-order valence-electron chi connectivity index (χ1n) is 9.71. The fourth-order valence-electron chi connectivity index (χ4n) is 3.12. The van der Waals surface area contributed by atoms with Gasteiger partial charge in [-0.05, 0) is 29.4 Å². The SMILES string of the molecule is O=C(NCCNC(=S)Nc1cccc([N+](=O)[O-])c1)C(c1ccccc1)c1ccccc1. The maximum Gasteiger partial charge on any atom is 0.271 e. The van der Waals surface area contributed by atoms with Gasteiger partial charge >= 0.3 is 0 Å². The molecule has 0 spiro atoms. The summed E-state index contributed by atoms with van der Waals surface area (Å²) in [5, 5.41) is 20.0. The van der Waals surface area contributed by atoms with Gasteiger partial charge in [-0.3, -0.25) is 14.9 Å². The van der Waals surface area contributed by atoms with E-state index in [4.69, 9.17) is 12.2 Å². The zero-order chi connectivity index (χ0) is 22.1. The van der Waals surface area contributed by atoms with Crippen molar-refractivity contribution >= 4 is 34.6 Å². The first kappa shape index (κ1) is 21.9. The molecule has 3 rings (SSSR count). The zero-order valence-electron chi connectivity index (χ0n) is 16.7. The number of hydrogen-bond acceptors (Lipinski definition) is 4. The van der Waals surface area contributed by atoms with Crippen LogP contribution in [-0.2, 0) is 4.79 Å². The van der Waals surface area contributed by atoms with Crippen LogP contribution in [0, 0.1) is 10.1 Å². The number of nitro benzene ring substituents is 1. The minimum Gasteiger partial charge on any atom is -0.361 e. The molecule has 31 heavy (non-hydrogen) atoms. The van der Waals surface area contributed by atoms with Gasteiger partial charge in [-0.1, -0.05) is 66.7 Å². The number of non-ortho nitro benzene ring substituents is 1. The molecule has 0 fully saturated rings. The Kier molecular flexibility index (Phi) is 7.67. The summed E-state index contributed by atoms with van der Waals surface area (Å²) in [7, 11) is 0. The van der Waals surface area contributed by atoms with Crippen LogP contribution in [0.5, 0.6) is 0 Å². The second-order valence-electron chi connectivity index (χ2n) is 6.73. The van der Waals surface area contributed by atoms with Crippen LogP contribution in [-0.4, -0.2) is 29.0 Å². The third-order valence-corrected chi connectivity index (χ3v) is 4.80. The maximum atomic E-state index is 12.9. The van der Waals surface area contributed by atoms with Gasteiger partial charge in [0, 0.05) is 30.9 Å². The number of thiocarbonyl (C=S) groups is 1. The van der Waals surface area contributed by atoms with Crippen molar-refractivity contribution in [3.8, 4) is 0 Å². The quantitative estimate of drug-likeness (QED) is 0.216. The zero-order valence-corrected chi connectivity index (χ0v) is 17.5. The molecule has 0 saturated heterocycles. The lowest BCUT2D eigenvalue weighted by atomic mass is 9.90. The highest BCUT2D eigenvalue weighted by Gasteiger charge is 2.21. The fourth-order valence-corrected chi connectivity index (χ4v) is 3.34. The van der Waals surface area contributed by atoms with Crippen LogP contribution in [0.1, 0.15) is 17.0 Å². The Morgan fingerprint density at radius 3 is 2.03 bits per heavy atom. The van der Waals surface area contributed by atoms with Crippen molar-refractivity contribution in [2.45, 2.75) is 5.92 Å². The van der Waals surface area contributed by atoms with Crippen molar-refractivity contribution in [2.75, 3.05) is 18.4 Å². The normalized spacial score (nSPS) is 10.4. The standard InChI is InChI=1S/C23H22N4O3S/c28-22(21(17-8-3-1-4-9-17)18-10-5-2-6-11-18)24-14-15-25-23(31)26-19-12-7-13-20(16-19)27(29)30/h1-13,16,21H,14-15H2,(H,24,28)(H2,25,26,31). The second-order valence-corrected chi connectivity index (χ2v) is 7.14. The first-order chi connectivity index (χ1) is 15.0. The second kappa shape index (κ2) is 10.8. The molecule has 8 heteroatoms. The summed E-state index contributed by atoms with van der Waals surface area (Å²) in [4.78, 5) is 23.3. The molecule has 0 aliphatic heterocycles. The topological polar surface area (TPSA) is 96.3 Å². The number of nitrogens with one attached hydrogen (secondary N) is 3. The van der Waals surface area contributed by atoms with E-state index in [0.29, 0.717) is 23.9 Å². The van der Waals surface area contributed by atoms with Crippen LogP contribution in [0.25, 0.3) is 0 Å². The van der Waals surface area contributed by atoms with Gasteiger partial charge in [-0.2, -0.15) is 0 Å². The minimum absolute atomic E-state index is 0.0204. The van der Waals surface area contributed by atoms with Crippen LogP contribution < -0.4 is 16.0 Å². The maximum absolute atomic E-state index is 12.9. The smallest absolute Gasteiger partial charge is 0.271 e. The largest absolute Gasteiger partial charge is 0.361 e. The van der Waals surface area contributed by atoms with Gasteiger partial charge in [-0.25, -0.2) is 0 Å². The number of rotatable bonds is 8. The fraction of sp³-hybridized carbons (Fsp3) is 0.130. The molecule has 0 atom stereocenters. The molecule has 7 nitrogen and oxygen atoms in total. The van der Waals surface area contributed by atoms with Crippen molar-refractivity contribution in [1.29, 1.82) is 0 Å². The van der Waals surface area contributed by atoms with E-state index in [1.165, 1.54) is 12.1 Å². The first-order valence-corrected chi connectivity index (χ1v) is 10.1. The van der Waals surface area contributed by atoms with Crippen molar-refractivity contribution < 1.29 is 9.72 Å². The van der Waals surface area contributed by atoms with E-state index in [1.807, 2.05) is 60.7 Å². The molecule has 3 aromatic rings. The summed E-state index contributed by atoms with van der Waals surface area (Å²) in [6.07, 6.45) is 0. The molecule has 0 heterocycles. The van der Waals surface area contributed by atoms with Crippen LogP contribution >= 0.6 is 12.2 Å². The number of carbonyl (C=O) groups excluding carboxylic acids is 1. The average molecular weight is 435 g/mol. The molecule has 1 amide bonds. The highest BCUT2D eigenvalue weighted by molar-refractivity contribution is 7.80. The van der Waals surface area contributed by atoms with E-state index in [9.17, 15) is 14.9 Å². The van der Waals surface area contributed by atoms with Crippen LogP contribution in [0.4, 0.5) is 11.4 Å². The molecular weight excluding hydrogens is 412 g/mol. The Hall–Kier alpha value is -3.78. The van der Waals surface area contributed by atoms with Gasteiger partial charge < -0.3 is 16.0 Å². The van der Waals surface area contributed by atoms with Gasteiger partial charge in [0.05, 0.1) is 10.8 Å². The molecule has 3 aromatic carbocycles. The Morgan fingerprint density at radius 1 is 0.871 bits per heavy atom. The van der Waals surface area contributed by atoms with Gasteiger partial charge in [0.15, 0.2) is 5.11 Å². The third-order valence-electron chi connectivity index (χ3n) is 4.55. The Labute approximate surface area is 185 Å². The molecule has 0 unspecified atom stereocenters. The molecule has 0 radical (unpaired) electrons. The number of hydrogen-bond donors (Lipinski definition) is 3. The van der Waals surface area contributed by atoms with Gasteiger partial charge in [0.1, 0.15) is 0 Å². The monoisotopic (exact) mass is 434 g/mol. The van der Waals surface area contributed by atoms with E-state index < -0.39 is 10.8 Å². The predicted octanol–water partition coefficient (Wildman–Crippen LogP) is 3.83. The number of nitrogens with zero attached hydrogens (tertiary/aromatic N) is 1. The molecule has 0 aliphatic rings. The van der Waals surface area contributed by atoms with Crippen molar-refractivity contribution in [3.63, 3.8) is 0 Å². The molecule has 158 valence electrons. The van der Waals surface area contributed by atoms with E-state index in [-0.39, 0.29) is 11.6 Å². The lowest BCUT2D eigenvalue weighted by molar-refractivity contribution is -0.384. The summed E-state index contributed by atoms with van der Waals surface area (Å²) in [6, 6.07) is 25.3. The van der Waals surface area contributed by atoms with E-state index in [0.717, 1.165) is 11.1 Å². The van der Waals surface area contributed by atoms with Crippen LogP contribution in [0.2, 0.25) is 0 Å². The van der Waals surface area contributed by atoms with Crippen LogP contribution in [0.15, 0.2) is 84.9 Å². The molecule has 0 bridgehead atoms.